The van der Waals surface area contributed by atoms with E-state index >= 15 is 0 Å². The first-order valence-corrected chi connectivity index (χ1v) is 6.83. The van der Waals surface area contributed by atoms with Gasteiger partial charge in [-0.25, -0.2) is 15.0 Å². The molecule has 7 heteroatoms. The van der Waals surface area contributed by atoms with Gasteiger partial charge in [-0.05, 0) is 15.9 Å². The minimum atomic E-state index is 0.126. The zero-order valence-corrected chi connectivity index (χ0v) is 12.0. The third-order valence-corrected chi connectivity index (χ3v) is 3.70. The van der Waals surface area contributed by atoms with E-state index in [0.29, 0.717) is 5.95 Å². The molecule has 3 heterocycles. The lowest BCUT2D eigenvalue weighted by Gasteiger charge is -2.22. The van der Waals surface area contributed by atoms with E-state index in [1.807, 2.05) is 6.20 Å². The molecule has 1 fully saturated rings. The van der Waals surface area contributed by atoms with Crippen molar-refractivity contribution in [3.8, 4) is 0 Å². The summed E-state index contributed by atoms with van der Waals surface area (Å²) in [4.78, 5) is 18.3. The maximum atomic E-state index is 5.47. The van der Waals surface area contributed by atoms with Crippen LogP contribution in [0.25, 0.3) is 0 Å². The van der Waals surface area contributed by atoms with Crippen LogP contribution in [-0.4, -0.2) is 39.7 Å². The first kappa shape index (κ1) is 12.6. The molecule has 0 aromatic carbocycles. The highest BCUT2D eigenvalue weighted by Crippen LogP contribution is 2.33. The number of aromatic nitrogens is 4. The van der Waals surface area contributed by atoms with Crippen LogP contribution in [0.3, 0.4) is 0 Å². The van der Waals surface area contributed by atoms with Gasteiger partial charge in [-0.2, -0.15) is 0 Å². The summed E-state index contributed by atoms with van der Waals surface area (Å²) in [6.45, 7) is 0.767. The van der Waals surface area contributed by atoms with Crippen LogP contribution in [0.2, 0.25) is 0 Å². The third kappa shape index (κ3) is 2.48. The van der Waals surface area contributed by atoms with Crippen LogP contribution in [0.15, 0.2) is 29.3 Å². The molecule has 2 atom stereocenters. The Hall–Kier alpha value is -1.47. The topological polar surface area (TPSA) is 66.9 Å². The summed E-state index contributed by atoms with van der Waals surface area (Å²) in [6, 6.07) is 0.126. The zero-order valence-electron chi connectivity index (χ0n) is 10.5. The minimum absolute atomic E-state index is 0.126. The highest BCUT2D eigenvalue weighted by atomic mass is 79.9. The van der Waals surface area contributed by atoms with E-state index in [2.05, 4.69) is 40.8 Å². The molecule has 1 N–H and O–H groups in total. The molecule has 6 nitrogen and oxygen atoms in total. The highest BCUT2D eigenvalue weighted by Gasteiger charge is 2.36. The maximum absolute atomic E-state index is 5.47. The van der Waals surface area contributed by atoms with Gasteiger partial charge in [-0.3, -0.25) is 0 Å². The van der Waals surface area contributed by atoms with E-state index in [0.717, 1.165) is 23.3 Å². The van der Waals surface area contributed by atoms with Gasteiger partial charge in [-0.1, -0.05) is 0 Å². The second-order valence-electron chi connectivity index (χ2n) is 4.44. The van der Waals surface area contributed by atoms with Crippen molar-refractivity contribution in [1.29, 1.82) is 0 Å². The molecular formula is C12H14BrN5O. The summed E-state index contributed by atoms with van der Waals surface area (Å²) >= 11 is 3.35. The number of anilines is 1. The van der Waals surface area contributed by atoms with E-state index in [1.165, 1.54) is 0 Å². The largest absolute Gasteiger partial charge is 0.380 e. The van der Waals surface area contributed by atoms with E-state index in [-0.39, 0.29) is 12.1 Å². The standard InChI is InChI=1S/C12H14BrN5O/c1-19-9-4-10(11-14-2-3-15-11)18(7-9)12-16-5-8(13)6-17-12/h2-3,5-6,9-10H,4,7H2,1H3,(H,14,15)/t9-,10?/m1/s1. The molecular weight excluding hydrogens is 310 g/mol. The predicted molar refractivity (Wildman–Crippen MR) is 73.8 cm³/mol. The number of halogens is 1. The lowest BCUT2D eigenvalue weighted by molar-refractivity contribution is 0.118. The Morgan fingerprint density at radius 2 is 2.16 bits per heavy atom. The Balaban J connectivity index is 1.90. The Labute approximate surface area is 119 Å². The molecule has 1 aliphatic heterocycles. The van der Waals surface area contributed by atoms with Gasteiger partial charge in [0.15, 0.2) is 0 Å². The molecule has 0 radical (unpaired) electrons. The minimum Gasteiger partial charge on any atom is -0.380 e. The van der Waals surface area contributed by atoms with Crippen LogP contribution < -0.4 is 4.90 Å². The van der Waals surface area contributed by atoms with E-state index in [1.54, 1.807) is 25.7 Å². The molecule has 2 aromatic rings. The molecule has 19 heavy (non-hydrogen) atoms. The Bertz CT molecular complexity index is 530. The molecule has 1 unspecified atom stereocenters. The Morgan fingerprint density at radius 1 is 1.37 bits per heavy atom. The van der Waals surface area contributed by atoms with Crippen molar-refractivity contribution in [3.05, 3.63) is 35.1 Å². The van der Waals surface area contributed by atoms with Gasteiger partial charge < -0.3 is 14.6 Å². The number of ether oxygens (including phenoxy) is 1. The van der Waals surface area contributed by atoms with Gasteiger partial charge in [0.25, 0.3) is 0 Å². The molecule has 1 aliphatic rings. The second kappa shape index (κ2) is 5.26. The first-order valence-electron chi connectivity index (χ1n) is 6.04. The predicted octanol–water partition coefficient (Wildman–Crippen LogP) is 1.93. The van der Waals surface area contributed by atoms with Gasteiger partial charge in [0.1, 0.15) is 5.82 Å². The quantitative estimate of drug-likeness (QED) is 0.934. The fourth-order valence-electron chi connectivity index (χ4n) is 2.36. The molecule has 3 rings (SSSR count). The molecule has 2 aromatic heterocycles. The van der Waals surface area contributed by atoms with Gasteiger partial charge in [0.2, 0.25) is 5.95 Å². The fraction of sp³-hybridized carbons (Fsp3) is 0.417. The van der Waals surface area contributed by atoms with Crippen LogP contribution >= 0.6 is 15.9 Å². The lowest BCUT2D eigenvalue weighted by Crippen LogP contribution is -2.27. The zero-order chi connectivity index (χ0) is 13.2. The van der Waals surface area contributed by atoms with E-state index < -0.39 is 0 Å². The number of methoxy groups -OCH3 is 1. The highest BCUT2D eigenvalue weighted by molar-refractivity contribution is 9.10. The summed E-state index contributed by atoms with van der Waals surface area (Å²) in [5.41, 5.74) is 0. The first-order chi connectivity index (χ1) is 9.28. The second-order valence-corrected chi connectivity index (χ2v) is 5.35. The number of hydrogen-bond donors (Lipinski definition) is 1. The van der Waals surface area contributed by atoms with Crippen molar-refractivity contribution in [2.24, 2.45) is 0 Å². The van der Waals surface area contributed by atoms with Gasteiger partial charge in [-0.15, -0.1) is 0 Å². The normalized spacial score (nSPS) is 22.9. The summed E-state index contributed by atoms with van der Waals surface area (Å²) in [7, 11) is 1.73. The van der Waals surface area contributed by atoms with Crippen LogP contribution in [0.4, 0.5) is 5.95 Å². The fourth-order valence-corrected chi connectivity index (χ4v) is 2.57. The molecule has 0 aliphatic carbocycles. The van der Waals surface area contributed by atoms with Crippen LogP contribution in [0, 0.1) is 0 Å². The van der Waals surface area contributed by atoms with Crippen molar-refractivity contribution >= 4 is 21.9 Å². The van der Waals surface area contributed by atoms with Gasteiger partial charge in [0, 0.05) is 44.9 Å². The lowest BCUT2D eigenvalue weighted by atomic mass is 10.2. The number of imidazole rings is 1. The summed E-state index contributed by atoms with van der Waals surface area (Å²) in [5.74, 6) is 1.62. The van der Waals surface area contributed by atoms with Gasteiger partial charge >= 0.3 is 0 Å². The third-order valence-electron chi connectivity index (χ3n) is 3.29. The monoisotopic (exact) mass is 323 g/mol. The Morgan fingerprint density at radius 3 is 2.79 bits per heavy atom. The molecule has 0 saturated carbocycles. The number of nitrogens with zero attached hydrogens (tertiary/aromatic N) is 4. The smallest absolute Gasteiger partial charge is 0.226 e. The maximum Gasteiger partial charge on any atom is 0.226 e. The van der Waals surface area contributed by atoms with Crippen LogP contribution in [-0.2, 0) is 4.74 Å². The van der Waals surface area contributed by atoms with Crippen molar-refractivity contribution in [2.75, 3.05) is 18.6 Å². The van der Waals surface area contributed by atoms with Crippen molar-refractivity contribution < 1.29 is 4.74 Å². The SMILES string of the molecule is CO[C@@H]1CC(c2ncc[nH]2)N(c2ncc(Br)cn2)C1. The molecule has 0 bridgehead atoms. The average Bonchev–Trinajstić information content (AvgIpc) is 3.08. The summed E-state index contributed by atoms with van der Waals surface area (Å²) in [6.07, 6.45) is 8.14. The van der Waals surface area contributed by atoms with Crippen molar-refractivity contribution in [1.82, 2.24) is 19.9 Å². The number of H-pyrrole nitrogens is 1. The van der Waals surface area contributed by atoms with Crippen molar-refractivity contribution in [2.45, 2.75) is 18.6 Å². The number of aromatic amines is 1. The summed E-state index contributed by atoms with van der Waals surface area (Å²) < 4.78 is 6.34. The molecule has 100 valence electrons. The number of hydrogen-bond acceptors (Lipinski definition) is 5. The number of rotatable bonds is 3. The number of nitrogens with one attached hydrogen (secondary N) is 1. The van der Waals surface area contributed by atoms with Crippen molar-refractivity contribution in [3.63, 3.8) is 0 Å². The average molecular weight is 324 g/mol. The molecule has 1 saturated heterocycles. The molecule has 0 spiro atoms. The molecule has 0 amide bonds. The van der Waals surface area contributed by atoms with Crippen LogP contribution in [0.1, 0.15) is 18.3 Å². The summed E-state index contributed by atoms with van der Waals surface area (Å²) in [5, 5.41) is 0. The van der Waals surface area contributed by atoms with E-state index in [4.69, 9.17) is 4.74 Å². The van der Waals surface area contributed by atoms with E-state index in [9.17, 15) is 0 Å². The van der Waals surface area contributed by atoms with Gasteiger partial charge in [0.05, 0.1) is 16.6 Å². The Kier molecular flexibility index (Phi) is 3.48. The van der Waals surface area contributed by atoms with Crippen LogP contribution in [0.5, 0.6) is 0 Å².